The molecule has 0 aliphatic rings. The maximum Gasteiger partial charge on any atom is 0.362 e. The summed E-state index contributed by atoms with van der Waals surface area (Å²) in [5, 5.41) is 9.32. The molecule has 0 saturated heterocycles. The van der Waals surface area contributed by atoms with Gasteiger partial charge in [0.1, 0.15) is 0 Å². The number of rotatable bonds is 4. The summed E-state index contributed by atoms with van der Waals surface area (Å²) in [5.41, 5.74) is 3.41. The highest BCUT2D eigenvalue weighted by atomic mass is 35.5. The van der Waals surface area contributed by atoms with Gasteiger partial charge in [-0.25, -0.2) is 15.1 Å². The molecule has 6 heteroatoms. The number of hydrogen-bond acceptors (Lipinski definition) is 4. The third-order valence-corrected chi connectivity index (χ3v) is 2.73. The summed E-state index contributed by atoms with van der Waals surface area (Å²) >= 11 is 5.73. The van der Waals surface area contributed by atoms with Crippen LogP contribution in [0.4, 0.5) is 5.69 Å². The number of carbonyl (C=O) groups is 2. The van der Waals surface area contributed by atoms with E-state index in [0.29, 0.717) is 10.7 Å². The predicted octanol–water partition coefficient (Wildman–Crippen LogP) is 3.22. The Morgan fingerprint density at radius 1 is 0.950 bits per heavy atom. The molecule has 102 valence electrons. The topological polar surface area (TPSA) is 75.6 Å². The van der Waals surface area contributed by atoms with Gasteiger partial charge in [0.05, 0.1) is 16.8 Å². The molecule has 0 amide bonds. The molecule has 0 spiro atoms. The standard InChI is InChI=1S/C14H10ClNO4/c15-11-5-7-12(8-6-11)16-20-14(19)10-3-1-9(2-4-10)13(17)18/h1-8,16H,(H,17,18). The van der Waals surface area contributed by atoms with Gasteiger partial charge < -0.3 is 9.94 Å². The summed E-state index contributed by atoms with van der Waals surface area (Å²) in [6.45, 7) is 0. The summed E-state index contributed by atoms with van der Waals surface area (Å²) in [4.78, 5) is 27.3. The molecule has 0 heterocycles. The highest BCUT2D eigenvalue weighted by Gasteiger charge is 2.09. The van der Waals surface area contributed by atoms with Gasteiger partial charge in [0.2, 0.25) is 0 Å². The van der Waals surface area contributed by atoms with Crippen molar-refractivity contribution in [1.29, 1.82) is 0 Å². The van der Waals surface area contributed by atoms with E-state index in [2.05, 4.69) is 5.48 Å². The molecule has 0 saturated carbocycles. The third kappa shape index (κ3) is 3.49. The molecule has 0 atom stereocenters. The molecule has 2 aromatic carbocycles. The molecule has 0 aromatic heterocycles. The number of carbonyl (C=O) groups excluding carboxylic acids is 1. The molecule has 20 heavy (non-hydrogen) atoms. The van der Waals surface area contributed by atoms with Crippen molar-refractivity contribution in [3.05, 3.63) is 64.7 Å². The van der Waals surface area contributed by atoms with Crippen molar-refractivity contribution in [2.75, 3.05) is 5.48 Å². The first-order valence-electron chi connectivity index (χ1n) is 5.62. The van der Waals surface area contributed by atoms with Crippen LogP contribution in [0.5, 0.6) is 0 Å². The zero-order valence-corrected chi connectivity index (χ0v) is 10.9. The van der Waals surface area contributed by atoms with E-state index >= 15 is 0 Å². The Morgan fingerprint density at radius 3 is 2.05 bits per heavy atom. The van der Waals surface area contributed by atoms with Gasteiger partial charge in [0, 0.05) is 5.02 Å². The van der Waals surface area contributed by atoms with Crippen molar-refractivity contribution in [2.24, 2.45) is 0 Å². The van der Waals surface area contributed by atoms with Crippen LogP contribution in [0, 0.1) is 0 Å². The molecule has 0 fully saturated rings. The molecule has 2 aromatic rings. The van der Waals surface area contributed by atoms with Crippen molar-refractivity contribution in [2.45, 2.75) is 0 Å². The first-order valence-corrected chi connectivity index (χ1v) is 6.00. The smallest absolute Gasteiger partial charge is 0.362 e. The molecule has 0 radical (unpaired) electrons. The first-order chi connectivity index (χ1) is 9.56. The summed E-state index contributed by atoms with van der Waals surface area (Å²) in [6, 6.07) is 12.1. The fourth-order valence-electron chi connectivity index (χ4n) is 1.43. The normalized spacial score (nSPS) is 9.85. The van der Waals surface area contributed by atoms with E-state index in [1.54, 1.807) is 24.3 Å². The maximum absolute atomic E-state index is 11.7. The van der Waals surface area contributed by atoms with Crippen LogP contribution < -0.4 is 5.48 Å². The largest absolute Gasteiger partial charge is 0.478 e. The Labute approximate surface area is 119 Å². The average molecular weight is 292 g/mol. The Bertz CT molecular complexity index is 623. The van der Waals surface area contributed by atoms with E-state index < -0.39 is 11.9 Å². The predicted molar refractivity (Wildman–Crippen MR) is 73.9 cm³/mol. The van der Waals surface area contributed by atoms with Gasteiger partial charge in [-0.2, -0.15) is 0 Å². The Hall–Kier alpha value is -2.53. The Kier molecular flexibility index (Phi) is 4.22. The second-order valence-corrected chi connectivity index (χ2v) is 4.32. The number of nitrogens with one attached hydrogen (secondary N) is 1. The number of carboxylic acid groups (broad SMARTS) is 1. The molecule has 0 bridgehead atoms. The lowest BCUT2D eigenvalue weighted by Crippen LogP contribution is -2.11. The van der Waals surface area contributed by atoms with Crippen LogP contribution in [0.2, 0.25) is 5.02 Å². The molecule has 0 aliphatic heterocycles. The number of carboxylic acids is 1. The van der Waals surface area contributed by atoms with E-state index in [-0.39, 0.29) is 11.1 Å². The minimum Gasteiger partial charge on any atom is -0.478 e. The van der Waals surface area contributed by atoms with Crippen molar-refractivity contribution in [1.82, 2.24) is 0 Å². The molecule has 0 unspecified atom stereocenters. The maximum atomic E-state index is 11.7. The van der Waals surface area contributed by atoms with Crippen molar-refractivity contribution in [3.8, 4) is 0 Å². The number of hydrogen-bond donors (Lipinski definition) is 2. The second-order valence-electron chi connectivity index (χ2n) is 3.88. The molecular weight excluding hydrogens is 282 g/mol. The summed E-state index contributed by atoms with van der Waals surface area (Å²) < 4.78 is 0. The van der Waals surface area contributed by atoms with Crippen molar-refractivity contribution < 1.29 is 19.5 Å². The zero-order chi connectivity index (χ0) is 14.5. The summed E-state index contributed by atoms with van der Waals surface area (Å²) in [6.07, 6.45) is 0. The van der Waals surface area contributed by atoms with Gasteiger partial charge in [-0.15, -0.1) is 0 Å². The summed E-state index contributed by atoms with van der Waals surface area (Å²) in [5.74, 6) is -1.67. The molecule has 2 N–H and O–H groups in total. The highest BCUT2D eigenvalue weighted by molar-refractivity contribution is 6.30. The monoisotopic (exact) mass is 291 g/mol. The zero-order valence-electron chi connectivity index (χ0n) is 10.2. The van der Waals surface area contributed by atoms with E-state index in [1.165, 1.54) is 24.3 Å². The van der Waals surface area contributed by atoms with Gasteiger partial charge in [0.15, 0.2) is 0 Å². The van der Waals surface area contributed by atoms with E-state index in [9.17, 15) is 9.59 Å². The van der Waals surface area contributed by atoms with Gasteiger partial charge in [-0.3, -0.25) is 0 Å². The van der Waals surface area contributed by atoms with E-state index in [4.69, 9.17) is 21.5 Å². The van der Waals surface area contributed by atoms with Gasteiger partial charge in [0.25, 0.3) is 0 Å². The molecule has 0 aliphatic carbocycles. The molecular formula is C14H10ClNO4. The number of aromatic carboxylic acids is 1. The van der Waals surface area contributed by atoms with Crippen molar-refractivity contribution in [3.63, 3.8) is 0 Å². The average Bonchev–Trinajstić information content (AvgIpc) is 2.46. The summed E-state index contributed by atoms with van der Waals surface area (Å²) in [7, 11) is 0. The van der Waals surface area contributed by atoms with Gasteiger partial charge >= 0.3 is 11.9 Å². The van der Waals surface area contributed by atoms with Gasteiger partial charge in [-0.1, -0.05) is 11.6 Å². The third-order valence-electron chi connectivity index (χ3n) is 2.47. The lowest BCUT2D eigenvalue weighted by Gasteiger charge is -2.06. The Balaban J connectivity index is 1.97. The lowest BCUT2D eigenvalue weighted by atomic mass is 10.1. The number of halogens is 1. The molecule has 5 nitrogen and oxygen atoms in total. The second kappa shape index (κ2) is 6.08. The van der Waals surface area contributed by atoms with E-state index in [1.807, 2.05) is 0 Å². The number of benzene rings is 2. The fourth-order valence-corrected chi connectivity index (χ4v) is 1.56. The first kappa shape index (κ1) is 13.9. The SMILES string of the molecule is O=C(O)c1ccc(C(=O)ONc2ccc(Cl)cc2)cc1. The Morgan fingerprint density at radius 2 is 1.50 bits per heavy atom. The fraction of sp³-hybridized carbons (Fsp3) is 0. The van der Waals surface area contributed by atoms with Crippen LogP contribution in [0.1, 0.15) is 20.7 Å². The van der Waals surface area contributed by atoms with E-state index in [0.717, 1.165) is 0 Å². The minimum absolute atomic E-state index is 0.104. The van der Waals surface area contributed by atoms with Crippen LogP contribution in [-0.4, -0.2) is 17.0 Å². The quantitative estimate of drug-likeness (QED) is 0.846. The minimum atomic E-state index is -1.05. The number of anilines is 1. The highest BCUT2D eigenvalue weighted by Crippen LogP contribution is 2.14. The van der Waals surface area contributed by atoms with Crippen LogP contribution in [-0.2, 0) is 4.84 Å². The lowest BCUT2D eigenvalue weighted by molar-refractivity contribution is 0.0594. The van der Waals surface area contributed by atoms with Crippen LogP contribution in [0.3, 0.4) is 0 Å². The van der Waals surface area contributed by atoms with Crippen LogP contribution in [0.15, 0.2) is 48.5 Å². The molecule has 2 rings (SSSR count). The van der Waals surface area contributed by atoms with Crippen molar-refractivity contribution >= 4 is 29.2 Å². The van der Waals surface area contributed by atoms with Crippen LogP contribution in [0.25, 0.3) is 0 Å². The van der Waals surface area contributed by atoms with Crippen LogP contribution >= 0.6 is 11.6 Å². The van der Waals surface area contributed by atoms with Gasteiger partial charge in [-0.05, 0) is 48.5 Å².